The molecule has 4 heteroatoms. The average Bonchev–Trinajstić information content (AvgIpc) is 2.54. The van der Waals surface area contributed by atoms with Crippen LogP contribution >= 0.6 is 0 Å². The number of fused-ring (bicyclic) bond motifs is 1. The van der Waals surface area contributed by atoms with Crippen LogP contribution in [0.4, 0.5) is 0 Å². The molecule has 1 aromatic heterocycles. The lowest BCUT2D eigenvalue weighted by Gasteiger charge is -2.08. The van der Waals surface area contributed by atoms with E-state index in [1.807, 2.05) is 30.3 Å². The summed E-state index contributed by atoms with van der Waals surface area (Å²) in [6.07, 6.45) is 3.52. The molecule has 4 nitrogen and oxygen atoms in total. The van der Waals surface area contributed by atoms with Gasteiger partial charge < -0.3 is 10.8 Å². The number of aliphatic hydroxyl groups excluding tert-OH is 1. The van der Waals surface area contributed by atoms with Gasteiger partial charge in [0.25, 0.3) is 0 Å². The fraction of sp³-hybridized carbons (Fsp3) is 0.0588. The summed E-state index contributed by atoms with van der Waals surface area (Å²) >= 11 is 0. The molecule has 0 unspecified atom stereocenters. The average molecular weight is 278 g/mol. The summed E-state index contributed by atoms with van der Waals surface area (Å²) in [5.41, 5.74) is 8.58. The first-order valence-electron chi connectivity index (χ1n) is 6.57. The van der Waals surface area contributed by atoms with Crippen LogP contribution in [0.25, 0.3) is 21.9 Å². The van der Waals surface area contributed by atoms with Crippen LogP contribution in [0.15, 0.2) is 54.9 Å². The predicted molar refractivity (Wildman–Crippen MR) is 81.6 cm³/mol. The molecule has 0 atom stereocenters. The van der Waals surface area contributed by atoms with Crippen molar-refractivity contribution in [3.63, 3.8) is 0 Å². The summed E-state index contributed by atoms with van der Waals surface area (Å²) in [4.78, 5) is 15.6. The highest BCUT2D eigenvalue weighted by Gasteiger charge is 2.08. The first-order valence-corrected chi connectivity index (χ1v) is 6.57. The van der Waals surface area contributed by atoms with Crippen molar-refractivity contribution in [2.45, 2.75) is 6.61 Å². The molecule has 3 N–H and O–H groups in total. The number of aromatic nitrogens is 1. The second kappa shape index (κ2) is 5.34. The zero-order valence-corrected chi connectivity index (χ0v) is 11.3. The third-order valence-corrected chi connectivity index (χ3v) is 3.49. The van der Waals surface area contributed by atoms with E-state index in [1.54, 1.807) is 24.5 Å². The summed E-state index contributed by atoms with van der Waals surface area (Å²) in [6, 6.07) is 12.9. The van der Waals surface area contributed by atoms with Crippen LogP contribution in [0.2, 0.25) is 0 Å². The molecule has 104 valence electrons. The molecule has 0 aliphatic rings. The SMILES string of the molecule is NC(=O)c1ccc2cncc(-c3ccc(CO)cc3)c2c1. The van der Waals surface area contributed by atoms with E-state index >= 15 is 0 Å². The molecule has 0 spiro atoms. The summed E-state index contributed by atoms with van der Waals surface area (Å²) in [7, 11) is 0. The Hall–Kier alpha value is -2.72. The second-order valence-corrected chi connectivity index (χ2v) is 4.84. The van der Waals surface area contributed by atoms with Crippen molar-refractivity contribution in [3.05, 3.63) is 66.0 Å². The van der Waals surface area contributed by atoms with E-state index in [0.717, 1.165) is 27.5 Å². The normalized spacial score (nSPS) is 10.7. The Morgan fingerprint density at radius 2 is 1.86 bits per heavy atom. The topological polar surface area (TPSA) is 76.2 Å². The largest absolute Gasteiger partial charge is 0.392 e. The molecule has 3 aromatic rings. The van der Waals surface area contributed by atoms with Crippen LogP contribution in [0.1, 0.15) is 15.9 Å². The second-order valence-electron chi connectivity index (χ2n) is 4.84. The standard InChI is InChI=1S/C17H14N2O2/c18-17(21)13-5-6-14-8-19-9-16(15(14)7-13)12-3-1-11(10-20)2-4-12/h1-9,20H,10H2,(H2,18,21). The van der Waals surface area contributed by atoms with E-state index in [1.165, 1.54) is 0 Å². The number of nitrogens with two attached hydrogens (primary N) is 1. The van der Waals surface area contributed by atoms with Crippen LogP contribution < -0.4 is 5.73 Å². The number of hydrogen-bond acceptors (Lipinski definition) is 3. The van der Waals surface area contributed by atoms with E-state index in [4.69, 9.17) is 10.8 Å². The third-order valence-electron chi connectivity index (χ3n) is 3.49. The van der Waals surface area contributed by atoms with Gasteiger partial charge in [-0.1, -0.05) is 30.3 Å². The maximum absolute atomic E-state index is 11.4. The fourth-order valence-corrected chi connectivity index (χ4v) is 2.34. The Labute approximate surface area is 121 Å². The molecule has 0 bridgehead atoms. The van der Waals surface area contributed by atoms with Crippen LogP contribution in [-0.2, 0) is 6.61 Å². The highest BCUT2D eigenvalue weighted by molar-refractivity contribution is 6.02. The monoisotopic (exact) mass is 278 g/mol. The van der Waals surface area contributed by atoms with Gasteiger partial charge in [-0.25, -0.2) is 0 Å². The molecule has 0 aliphatic heterocycles. The lowest BCUT2D eigenvalue weighted by Crippen LogP contribution is -2.10. The number of carbonyl (C=O) groups is 1. The van der Waals surface area contributed by atoms with Gasteiger partial charge in [-0.2, -0.15) is 0 Å². The van der Waals surface area contributed by atoms with Gasteiger partial charge in [-0.3, -0.25) is 9.78 Å². The van der Waals surface area contributed by atoms with Crippen LogP contribution in [-0.4, -0.2) is 16.0 Å². The first-order chi connectivity index (χ1) is 10.2. The van der Waals surface area contributed by atoms with E-state index in [2.05, 4.69) is 4.98 Å². The van der Waals surface area contributed by atoms with Crippen molar-refractivity contribution in [2.24, 2.45) is 5.73 Å². The summed E-state index contributed by atoms with van der Waals surface area (Å²) in [6.45, 7) is 0.0138. The minimum Gasteiger partial charge on any atom is -0.392 e. The van der Waals surface area contributed by atoms with Crippen molar-refractivity contribution in [1.29, 1.82) is 0 Å². The highest BCUT2D eigenvalue weighted by atomic mass is 16.3. The molecule has 0 fully saturated rings. The number of benzene rings is 2. The quantitative estimate of drug-likeness (QED) is 0.772. The van der Waals surface area contributed by atoms with Gasteiger partial charge in [0, 0.05) is 28.9 Å². The molecule has 0 aliphatic carbocycles. The molecule has 2 aromatic carbocycles. The molecular formula is C17H14N2O2. The number of primary amides is 1. The molecule has 1 amide bonds. The molecular weight excluding hydrogens is 264 g/mol. The lowest BCUT2D eigenvalue weighted by molar-refractivity contribution is 0.100. The smallest absolute Gasteiger partial charge is 0.248 e. The van der Waals surface area contributed by atoms with E-state index in [0.29, 0.717) is 5.56 Å². The van der Waals surface area contributed by atoms with Gasteiger partial charge >= 0.3 is 0 Å². The van der Waals surface area contributed by atoms with Crippen LogP contribution in [0, 0.1) is 0 Å². The van der Waals surface area contributed by atoms with Gasteiger partial charge in [0.1, 0.15) is 0 Å². The van der Waals surface area contributed by atoms with Crippen molar-refractivity contribution in [1.82, 2.24) is 4.98 Å². The minimum atomic E-state index is -0.449. The maximum Gasteiger partial charge on any atom is 0.248 e. The Bertz CT molecular complexity index is 811. The molecule has 1 heterocycles. The third kappa shape index (κ3) is 2.49. The number of aliphatic hydroxyl groups is 1. The minimum absolute atomic E-state index is 0.0138. The van der Waals surface area contributed by atoms with E-state index < -0.39 is 5.91 Å². The Morgan fingerprint density at radius 3 is 2.52 bits per heavy atom. The first kappa shape index (κ1) is 13.3. The fourth-order valence-electron chi connectivity index (χ4n) is 2.34. The maximum atomic E-state index is 11.4. The Kier molecular flexibility index (Phi) is 3.38. The van der Waals surface area contributed by atoms with Crippen molar-refractivity contribution in [3.8, 4) is 11.1 Å². The number of carbonyl (C=O) groups excluding carboxylic acids is 1. The van der Waals surface area contributed by atoms with Crippen LogP contribution in [0.5, 0.6) is 0 Å². The zero-order chi connectivity index (χ0) is 14.8. The summed E-state index contributed by atoms with van der Waals surface area (Å²) < 4.78 is 0. The molecule has 3 rings (SSSR count). The Balaban J connectivity index is 2.20. The van der Waals surface area contributed by atoms with Crippen LogP contribution in [0.3, 0.4) is 0 Å². The summed E-state index contributed by atoms with van der Waals surface area (Å²) in [5.74, 6) is -0.449. The van der Waals surface area contributed by atoms with Gasteiger partial charge in [0.05, 0.1) is 6.61 Å². The number of amides is 1. The predicted octanol–water partition coefficient (Wildman–Crippen LogP) is 2.49. The highest BCUT2D eigenvalue weighted by Crippen LogP contribution is 2.28. The van der Waals surface area contributed by atoms with Gasteiger partial charge in [0.2, 0.25) is 5.91 Å². The number of pyridine rings is 1. The van der Waals surface area contributed by atoms with Crippen molar-refractivity contribution >= 4 is 16.7 Å². The summed E-state index contributed by atoms with van der Waals surface area (Å²) in [5, 5.41) is 11.0. The zero-order valence-electron chi connectivity index (χ0n) is 11.3. The van der Waals surface area contributed by atoms with Crippen molar-refractivity contribution < 1.29 is 9.90 Å². The van der Waals surface area contributed by atoms with Gasteiger partial charge in [-0.15, -0.1) is 0 Å². The van der Waals surface area contributed by atoms with Gasteiger partial charge in [0.15, 0.2) is 0 Å². The van der Waals surface area contributed by atoms with E-state index in [9.17, 15) is 4.79 Å². The molecule has 0 saturated heterocycles. The van der Waals surface area contributed by atoms with E-state index in [-0.39, 0.29) is 6.61 Å². The lowest BCUT2D eigenvalue weighted by atomic mass is 9.98. The Morgan fingerprint density at radius 1 is 1.10 bits per heavy atom. The van der Waals surface area contributed by atoms with Crippen molar-refractivity contribution in [2.75, 3.05) is 0 Å². The van der Waals surface area contributed by atoms with Gasteiger partial charge in [-0.05, 0) is 28.6 Å². The number of nitrogens with zero attached hydrogens (tertiary/aromatic N) is 1. The molecule has 21 heavy (non-hydrogen) atoms. The molecule has 0 radical (unpaired) electrons. The number of hydrogen-bond donors (Lipinski definition) is 2. The number of rotatable bonds is 3. The molecule has 0 saturated carbocycles.